The molecule has 0 atom stereocenters. The Balaban J connectivity index is 2.18. The predicted molar refractivity (Wildman–Crippen MR) is 129 cm³/mol. The highest BCUT2D eigenvalue weighted by atomic mass is 32.1. The van der Waals surface area contributed by atoms with E-state index < -0.39 is 0 Å². The molecule has 3 aromatic rings. The third kappa shape index (κ3) is 2.72. The number of aryl methyl sites for hydroxylation is 2. The van der Waals surface area contributed by atoms with Crippen molar-refractivity contribution in [3.05, 3.63) is 74.7 Å². The molecule has 142 valence electrons. The highest BCUT2D eigenvalue weighted by molar-refractivity contribution is 7.20. The van der Waals surface area contributed by atoms with Gasteiger partial charge in [0.15, 0.2) is 0 Å². The van der Waals surface area contributed by atoms with Crippen LogP contribution in [0.4, 0.5) is 0 Å². The van der Waals surface area contributed by atoms with E-state index in [2.05, 4.69) is 90.1 Å². The topological polar surface area (TPSA) is 0 Å². The van der Waals surface area contributed by atoms with Gasteiger partial charge in [0, 0.05) is 15.0 Å². The first-order chi connectivity index (χ1) is 13.5. The quantitative estimate of drug-likeness (QED) is 0.424. The second-order valence-corrected chi connectivity index (χ2v) is 8.81. The van der Waals surface area contributed by atoms with Gasteiger partial charge in [0.25, 0.3) is 0 Å². The second-order valence-electron chi connectivity index (χ2n) is 7.76. The largest absolute Gasteiger partial charge is 0.135 e. The van der Waals surface area contributed by atoms with Gasteiger partial charge >= 0.3 is 0 Å². The minimum atomic E-state index is 1.06. The van der Waals surface area contributed by atoms with Crippen LogP contribution in [0.15, 0.2) is 42.0 Å². The molecule has 1 heterocycles. The summed E-state index contributed by atoms with van der Waals surface area (Å²) in [6.45, 7) is 13.2. The number of fused-ring (bicyclic) bond motifs is 4. The molecule has 0 aliphatic heterocycles. The maximum absolute atomic E-state index is 2.47. The highest BCUT2D eigenvalue weighted by Crippen LogP contribution is 2.45. The lowest BCUT2D eigenvalue weighted by molar-refractivity contribution is 1.20. The molecule has 0 saturated heterocycles. The summed E-state index contributed by atoms with van der Waals surface area (Å²) < 4.78 is 1.43. The molecule has 0 bridgehead atoms. The van der Waals surface area contributed by atoms with Gasteiger partial charge in [0.05, 0.1) is 0 Å². The van der Waals surface area contributed by atoms with E-state index in [0.29, 0.717) is 0 Å². The monoisotopic (exact) mass is 384 g/mol. The van der Waals surface area contributed by atoms with E-state index in [-0.39, 0.29) is 0 Å². The summed E-state index contributed by atoms with van der Waals surface area (Å²) >= 11 is 1.93. The summed E-state index contributed by atoms with van der Waals surface area (Å²) in [5.41, 5.74) is 9.93. The van der Waals surface area contributed by atoms with Crippen molar-refractivity contribution in [1.29, 1.82) is 0 Å². The van der Waals surface area contributed by atoms with E-state index in [1.165, 1.54) is 64.7 Å². The van der Waals surface area contributed by atoms with Crippen LogP contribution < -0.4 is 0 Å². The van der Waals surface area contributed by atoms with Crippen LogP contribution in [0, 0.1) is 13.8 Å². The number of thiophene rings is 1. The normalized spacial score (nSPS) is 14.8. The van der Waals surface area contributed by atoms with Crippen molar-refractivity contribution in [1.82, 2.24) is 0 Å². The zero-order valence-corrected chi connectivity index (χ0v) is 18.6. The van der Waals surface area contributed by atoms with E-state index in [1.54, 1.807) is 0 Å². The fourth-order valence-corrected chi connectivity index (χ4v) is 5.92. The van der Waals surface area contributed by atoms with Crippen molar-refractivity contribution in [2.45, 2.75) is 48.0 Å². The van der Waals surface area contributed by atoms with Crippen LogP contribution in [0.3, 0.4) is 0 Å². The van der Waals surface area contributed by atoms with Crippen molar-refractivity contribution < 1.29 is 0 Å². The van der Waals surface area contributed by atoms with Crippen LogP contribution in [-0.4, -0.2) is 0 Å². The fraction of sp³-hybridized carbons (Fsp3) is 0.259. The molecule has 1 aliphatic carbocycles. The maximum atomic E-state index is 2.47. The summed E-state index contributed by atoms with van der Waals surface area (Å²) in [6.07, 6.45) is 14.3. The minimum Gasteiger partial charge on any atom is -0.135 e. The predicted octanol–water partition coefficient (Wildman–Crippen LogP) is 8.64. The van der Waals surface area contributed by atoms with Gasteiger partial charge in [-0.1, -0.05) is 36.0 Å². The van der Waals surface area contributed by atoms with Crippen molar-refractivity contribution in [2.24, 2.45) is 0 Å². The molecule has 0 fully saturated rings. The van der Waals surface area contributed by atoms with Gasteiger partial charge in [-0.15, -0.1) is 11.3 Å². The molecule has 28 heavy (non-hydrogen) atoms. The van der Waals surface area contributed by atoms with Crippen LogP contribution >= 0.6 is 11.3 Å². The molecule has 0 nitrogen and oxygen atoms in total. The van der Waals surface area contributed by atoms with Gasteiger partial charge in [-0.3, -0.25) is 0 Å². The van der Waals surface area contributed by atoms with Crippen molar-refractivity contribution in [3.8, 4) is 0 Å². The summed E-state index contributed by atoms with van der Waals surface area (Å²) in [7, 11) is 0. The van der Waals surface area contributed by atoms with Gasteiger partial charge in [0.2, 0.25) is 0 Å². The lowest BCUT2D eigenvalue weighted by atomic mass is 9.90. The molecule has 0 unspecified atom stereocenters. The Kier molecular flexibility index (Phi) is 4.89. The molecule has 0 amide bonds. The van der Waals surface area contributed by atoms with E-state index in [9.17, 15) is 0 Å². The summed E-state index contributed by atoms with van der Waals surface area (Å²) in [5.74, 6) is 0. The molecular formula is C27H28S. The van der Waals surface area contributed by atoms with Crippen LogP contribution in [0.1, 0.15) is 60.4 Å². The van der Waals surface area contributed by atoms with Crippen molar-refractivity contribution >= 4 is 49.9 Å². The van der Waals surface area contributed by atoms with E-state index in [4.69, 9.17) is 0 Å². The van der Waals surface area contributed by atoms with Crippen LogP contribution in [0.5, 0.6) is 0 Å². The Labute approximate surface area is 172 Å². The first-order valence-electron chi connectivity index (χ1n) is 10.1. The number of allylic oxidation sites excluding steroid dienone is 6. The number of hydrogen-bond acceptors (Lipinski definition) is 1. The summed E-state index contributed by atoms with van der Waals surface area (Å²) in [6, 6.07) is 4.92. The summed E-state index contributed by atoms with van der Waals surface area (Å²) in [4.78, 5) is 1.38. The van der Waals surface area contributed by atoms with E-state index in [1.807, 2.05) is 11.3 Å². The fourth-order valence-electron chi connectivity index (χ4n) is 4.62. The Morgan fingerprint density at radius 1 is 0.821 bits per heavy atom. The minimum absolute atomic E-state index is 1.06. The van der Waals surface area contributed by atoms with Crippen LogP contribution in [-0.2, 0) is 6.42 Å². The van der Waals surface area contributed by atoms with Gasteiger partial charge in [-0.25, -0.2) is 0 Å². The first kappa shape index (κ1) is 19.0. The van der Waals surface area contributed by atoms with Crippen molar-refractivity contribution in [3.63, 3.8) is 0 Å². The zero-order chi connectivity index (χ0) is 20.0. The molecule has 0 saturated carbocycles. The average Bonchev–Trinajstić information content (AvgIpc) is 3.15. The Bertz CT molecular complexity index is 1220. The second kappa shape index (κ2) is 7.22. The van der Waals surface area contributed by atoms with Crippen LogP contribution in [0.25, 0.3) is 38.6 Å². The van der Waals surface area contributed by atoms with E-state index in [0.717, 1.165) is 6.42 Å². The molecule has 1 aromatic heterocycles. The lowest BCUT2D eigenvalue weighted by Crippen LogP contribution is -1.91. The number of hydrogen-bond donors (Lipinski definition) is 0. The summed E-state index contributed by atoms with van der Waals surface area (Å²) in [5, 5.41) is 4.23. The van der Waals surface area contributed by atoms with Gasteiger partial charge in [0.1, 0.15) is 0 Å². The Morgan fingerprint density at radius 2 is 1.54 bits per heavy atom. The molecule has 1 heteroatoms. The Hall–Kier alpha value is -2.38. The SMILES string of the molecule is C/C=C\C1=C(C)Cc2cc3c(cc21)c(/C=C\C)c(C)c1sc(/C=C\C)c(C)c13. The smallest absolute Gasteiger partial charge is 0.0393 e. The van der Waals surface area contributed by atoms with E-state index >= 15 is 0 Å². The molecule has 1 aliphatic rings. The molecule has 0 N–H and O–H groups in total. The third-order valence-electron chi connectivity index (χ3n) is 5.92. The van der Waals surface area contributed by atoms with Crippen molar-refractivity contribution in [2.75, 3.05) is 0 Å². The first-order valence-corrected chi connectivity index (χ1v) is 10.9. The molecule has 4 rings (SSSR count). The molecule has 2 aromatic carbocycles. The van der Waals surface area contributed by atoms with Gasteiger partial charge in [-0.2, -0.15) is 0 Å². The number of rotatable bonds is 3. The lowest BCUT2D eigenvalue weighted by Gasteiger charge is -2.13. The zero-order valence-electron chi connectivity index (χ0n) is 17.7. The van der Waals surface area contributed by atoms with Gasteiger partial charge in [-0.05, 0) is 110 Å². The van der Waals surface area contributed by atoms with Gasteiger partial charge < -0.3 is 0 Å². The number of benzene rings is 2. The molecule has 0 radical (unpaired) electrons. The average molecular weight is 385 g/mol. The third-order valence-corrected chi connectivity index (χ3v) is 7.30. The standard InChI is InChI=1S/C27H28S/c1-7-10-20-16(4)13-19-14-24-23(15-22(19)20)21(11-8-2)17(5)27-26(24)18(6)25(28-27)12-9-3/h7-12,14-15H,13H2,1-6H3/b10-7-,11-8-,12-9-. The molecular weight excluding hydrogens is 356 g/mol. The molecule has 0 spiro atoms. The maximum Gasteiger partial charge on any atom is 0.0393 e. The Morgan fingerprint density at radius 3 is 2.21 bits per heavy atom. The highest BCUT2D eigenvalue weighted by Gasteiger charge is 2.22. The van der Waals surface area contributed by atoms with Crippen LogP contribution in [0.2, 0.25) is 0 Å².